The van der Waals surface area contributed by atoms with Crippen LogP contribution in [0.4, 0.5) is 0 Å². The fourth-order valence-corrected chi connectivity index (χ4v) is 4.06. The van der Waals surface area contributed by atoms with Crippen LogP contribution in [0.15, 0.2) is 71.4 Å². The summed E-state index contributed by atoms with van der Waals surface area (Å²) in [5.74, 6) is 3.37. The number of imidazole rings is 1. The second-order valence-electron chi connectivity index (χ2n) is 7.53. The Hall–Kier alpha value is -3.38. The van der Waals surface area contributed by atoms with E-state index < -0.39 is 0 Å². The molecule has 1 atom stereocenters. The average Bonchev–Trinajstić information content (AvgIpc) is 3.55. The summed E-state index contributed by atoms with van der Waals surface area (Å²) in [4.78, 5) is 15.1. The van der Waals surface area contributed by atoms with Crippen molar-refractivity contribution >= 4 is 0 Å². The van der Waals surface area contributed by atoms with Crippen LogP contribution in [-0.4, -0.2) is 33.5 Å². The van der Waals surface area contributed by atoms with E-state index in [2.05, 4.69) is 25.9 Å². The highest BCUT2D eigenvalue weighted by Crippen LogP contribution is 2.33. The van der Waals surface area contributed by atoms with Crippen LogP contribution in [0, 0.1) is 0 Å². The summed E-state index contributed by atoms with van der Waals surface area (Å²) >= 11 is 0. The number of nitrogens with zero attached hydrogens (tertiary/aromatic N) is 3. The summed E-state index contributed by atoms with van der Waals surface area (Å²) in [6, 6.07) is 18.3. The molecule has 0 amide bonds. The molecule has 1 saturated heterocycles. The van der Waals surface area contributed by atoms with Gasteiger partial charge in [-0.1, -0.05) is 42.5 Å². The van der Waals surface area contributed by atoms with Crippen LogP contribution in [0.5, 0.6) is 5.75 Å². The summed E-state index contributed by atoms with van der Waals surface area (Å²) in [5.41, 5.74) is 3.11. The van der Waals surface area contributed by atoms with Gasteiger partial charge in [-0.2, -0.15) is 0 Å². The van der Waals surface area contributed by atoms with E-state index in [0.29, 0.717) is 6.54 Å². The van der Waals surface area contributed by atoms with Gasteiger partial charge in [0.15, 0.2) is 5.76 Å². The molecular weight excluding hydrogens is 376 g/mol. The van der Waals surface area contributed by atoms with Gasteiger partial charge in [-0.05, 0) is 31.5 Å². The molecule has 1 aliphatic rings. The van der Waals surface area contributed by atoms with Crippen molar-refractivity contribution in [1.29, 1.82) is 0 Å². The first kappa shape index (κ1) is 18.6. The molecule has 0 radical (unpaired) electrons. The predicted octanol–water partition coefficient (Wildman–Crippen LogP) is 5.08. The molecule has 5 rings (SSSR count). The number of methoxy groups -OCH3 is 1. The Kier molecular flexibility index (Phi) is 5.07. The molecule has 2 aromatic heterocycles. The van der Waals surface area contributed by atoms with E-state index in [1.807, 2.05) is 60.9 Å². The Bertz CT molecular complexity index is 1120. The normalized spacial score (nSPS) is 16.8. The van der Waals surface area contributed by atoms with Crippen molar-refractivity contribution in [1.82, 2.24) is 19.9 Å². The number of aromatic amines is 1. The molecule has 30 heavy (non-hydrogen) atoms. The van der Waals surface area contributed by atoms with Crippen molar-refractivity contribution in [2.45, 2.75) is 25.4 Å². The standard InChI is InChI=1S/C24H24N4O2/c1-29-19-10-5-9-18(13-19)20-14-26-24(27-20)21-11-6-12-28(21)16-23-25-15-22(30-23)17-7-3-2-4-8-17/h2-5,7-10,13-15,21H,6,11-12,16H2,1H3,(H,26,27)/t21-/m0/s1. The molecule has 2 aromatic carbocycles. The molecule has 1 N–H and O–H groups in total. The summed E-state index contributed by atoms with van der Waals surface area (Å²) in [7, 11) is 1.68. The highest BCUT2D eigenvalue weighted by molar-refractivity contribution is 5.60. The maximum Gasteiger partial charge on any atom is 0.209 e. The largest absolute Gasteiger partial charge is 0.497 e. The monoisotopic (exact) mass is 400 g/mol. The number of aromatic nitrogens is 3. The summed E-state index contributed by atoms with van der Waals surface area (Å²) in [6.07, 6.45) is 5.91. The smallest absolute Gasteiger partial charge is 0.209 e. The van der Waals surface area contributed by atoms with Gasteiger partial charge in [-0.25, -0.2) is 9.97 Å². The molecule has 152 valence electrons. The molecular formula is C24H24N4O2. The van der Waals surface area contributed by atoms with Crippen molar-refractivity contribution in [2.75, 3.05) is 13.7 Å². The summed E-state index contributed by atoms with van der Waals surface area (Å²) in [6.45, 7) is 1.68. The second kappa shape index (κ2) is 8.16. The van der Waals surface area contributed by atoms with Gasteiger partial charge in [0.25, 0.3) is 0 Å². The Morgan fingerprint density at radius 2 is 1.93 bits per heavy atom. The maximum absolute atomic E-state index is 6.02. The fraction of sp³-hybridized carbons (Fsp3) is 0.250. The van der Waals surface area contributed by atoms with E-state index in [9.17, 15) is 0 Å². The number of hydrogen-bond donors (Lipinski definition) is 1. The number of nitrogens with one attached hydrogen (secondary N) is 1. The van der Waals surface area contributed by atoms with Gasteiger partial charge in [-0.3, -0.25) is 4.90 Å². The highest BCUT2D eigenvalue weighted by Gasteiger charge is 2.29. The third-order valence-corrected chi connectivity index (χ3v) is 5.61. The Morgan fingerprint density at radius 1 is 1.07 bits per heavy atom. The lowest BCUT2D eigenvalue weighted by atomic mass is 10.1. The number of likely N-dealkylation sites (tertiary alicyclic amines) is 1. The number of ether oxygens (including phenoxy) is 1. The molecule has 4 aromatic rings. The van der Waals surface area contributed by atoms with Gasteiger partial charge in [-0.15, -0.1) is 0 Å². The number of H-pyrrole nitrogens is 1. The van der Waals surface area contributed by atoms with E-state index in [4.69, 9.17) is 9.15 Å². The van der Waals surface area contributed by atoms with Gasteiger partial charge < -0.3 is 14.1 Å². The Labute approximate surface area is 175 Å². The first-order valence-corrected chi connectivity index (χ1v) is 10.2. The first-order valence-electron chi connectivity index (χ1n) is 10.2. The quantitative estimate of drug-likeness (QED) is 0.489. The van der Waals surface area contributed by atoms with Crippen LogP contribution < -0.4 is 4.74 Å². The van der Waals surface area contributed by atoms with E-state index in [1.165, 1.54) is 0 Å². The number of hydrogen-bond acceptors (Lipinski definition) is 5. The molecule has 1 fully saturated rings. The third-order valence-electron chi connectivity index (χ3n) is 5.61. The third kappa shape index (κ3) is 3.74. The van der Waals surface area contributed by atoms with E-state index in [-0.39, 0.29) is 6.04 Å². The number of benzene rings is 2. The maximum atomic E-state index is 6.02. The lowest BCUT2D eigenvalue weighted by molar-refractivity contribution is 0.218. The lowest BCUT2D eigenvalue weighted by Crippen LogP contribution is -2.23. The van der Waals surface area contributed by atoms with Gasteiger partial charge in [0, 0.05) is 11.1 Å². The fourth-order valence-electron chi connectivity index (χ4n) is 4.06. The zero-order valence-corrected chi connectivity index (χ0v) is 16.9. The van der Waals surface area contributed by atoms with Crippen LogP contribution in [0.3, 0.4) is 0 Å². The number of oxazole rings is 1. The molecule has 1 aliphatic heterocycles. The van der Waals surface area contributed by atoms with Crippen LogP contribution >= 0.6 is 0 Å². The minimum Gasteiger partial charge on any atom is -0.497 e. The Balaban J connectivity index is 1.32. The summed E-state index contributed by atoms with van der Waals surface area (Å²) in [5, 5.41) is 0. The Morgan fingerprint density at radius 3 is 2.80 bits per heavy atom. The zero-order valence-electron chi connectivity index (χ0n) is 16.9. The van der Waals surface area contributed by atoms with Crippen molar-refractivity contribution in [2.24, 2.45) is 0 Å². The lowest BCUT2D eigenvalue weighted by Gasteiger charge is -2.21. The van der Waals surface area contributed by atoms with Crippen molar-refractivity contribution in [3.63, 3.8) is 0 Å². The van der Waals surface area contributed by atoms with Crippen LogP contribution in [-0.2, 0) is 6.54 Å². The van der Waals surface area contributed by atoms with Crippen LogP contribution in [0.1, 0.15) is 30.6 Å². The van der Waals surface area contributed by atoms with Gasteiger partial charge >= 0.3 is 0 Å². The van der Waals surface area contributed by atoms with Crippen molar-refractivity contribution in [3.05, 3.63) is 78.7 Å². The molecule has 0 bridgehead atoms. The van der Waals surface area contributed by atoms with Gasteiger partial charge in [0.1, 0.15) is 11.6 Å². The molecule has 0 aliphatic carbocycles. The highest BCUT2D eigenvalue weighted by atomic mass is 16.5. The van der Waals surface area contributed by atoms with Crippen molar-refractivity contribution < 1.29 is 9.15 Å². The predicted molar refractivity (Wildman–Crippen MR) is 115 cm³/mol. The molecule has 0 saturated carbocycles. The molecule has 6 nitrogen and oxygen atoms in total. The average molecular weight is 400 g/mol. The van der Waals surface area contributed by atoms with Gasteiger partial charge in [0.05, 0.1) is 37.8 Å². The minimum atomic E-state index is 0.233. The molecule has 0 spiro atoms. The molecule has 0 unspecified atom stereocenters. The molecule has 3 heterocycles. The second-order valence-corrected chi connectivity index (χ2v) is 7.53. The van der Waals surface area contributed by atoms with Crippen molar-refractivity contribution in [3.8, 4) is 28.3 Å². The number of rotatable bonds is 6. The van der Waals surface area contributed by atoms with E-state index in [0.717, 1.165) is 59.4 Å². The van der Waals surface area contributed by atoms with E-state index >= 15 is 0 Å². The SMILES string of the molecule is COc1cccc(-c2cnc([C@@H]3CCCN3Cc3ncc(-c4ccccc4)o3)[nH]2)c1. The minimum absolute atomic E-state index is 0.233. The first-order chi connectivity index (χ1) is 14.8. The topological polar surface area (TPSA) is 67.2 Å². The molecule has 6 heteroatoms. The van der Waals surface area contributed by atoms with Crippen LogP contribution in [0.2, 0.25) is 0 Å². The van der Waals surface area contributed by atoms with E-state index in [1.54, 1.807) is 7.11 Å². The zero-order chi connectivity index (χ0) is 20.3. The van der Waals surface area contributed by atoms with Gasteiger partial charge in [0.2, 0.25) is 5.89 Å². The van der Waals surface area contributed by atoms with Crippen LogP contribution in [0.25, 0.3) is 22.6 Å². The summed E-state index contributed by atoms with van der Waals surface area (Å²) < 4.78 is 11.4.